The van der Waals surface area contributed by atoms with Crippen LogP contribution >= 0.6 is 11.8 Å². The van der Waals surface area contributed by atoms with Gasteiger partial charge in [-0.05, 0) is 25.2 Å². The summed E-state index contributed by atoms with van der Waals surface area (Å²) in [5.41, 5.74) is 2.09. The molecule has 2 aromatic rings. The molecule has 4 nitrogen and oxygen atoms in total. The predicted octanol–water partition coefficient (Wildman–Crippen LogP) is 2.67. The highest BCUT2D eigenvalue weighted by molar-refractivity contribution is 8.00. The Labute approximate surface area is 111 Å². The molecule has 5 heteroatoms. The molecule has 0 aliphatic heterocycles. The number of nitrogens with zero attached hydrogens (tertiary/aromatic N) is 3. The molecule has 1 aliphatic carbocycles. The van der Waals surface area contributed by atoms with Crippen LogP contribution in [0.2, 0.25) is 0 Å². The van der Waals surface area contributed by atoms with Crippen molar-refractivity contribution in [3.8, 4) is 0 Å². The fourth-order valence-corrected chi connectivity index (χ4v) is 3.37. The van der Waals surface area contributed by atoms with E-state index in [1.807, 2.05) is 42.0 Å². The molecular weight excluding hydrogens is 244 g/mol. The van der Waals surface area contributed by atoms with Gasteiger partial charge in [-0.25, -0.2) is 9.97 Å². The molecule has 1 fully saturated rings. The minimum absolute atomic E-state index is 0.415. The van der Waals surface area contributed by atoms with Crippen LogP contribution in [0.3, 0.4) is 0 Å². The van der Waals surface area contributed by atoms with Gasteiger partial charge in [0, 0.05) is 24.5 Å². The van der Waals surface area contributed by atoms with E-state index >= 15 is 0 Å². The molecule has 0 radical (unpaired) electrons. The van der Waals surface area contributed by atoms with E-state index in [-0.39, 0.29) is 0 Å². The first-order valence-electron chi connectivity index (χ1n) is 6.29. The van der Waals surface area contributed by atoms with E-state index in [9.17, 15) is 0 Å². The van der Waals surface area contributed by atoms with E-state index in [1.54, 1.807) is 0 Å². The Morgan fingerprint density at radius 2 is 2.28 bits per heavy atom. The lowest BCUT2D eigenvalue weighted by Gasteiger charge is -2.40. The van der Waals surface area contributed by atoms with Crippen LogP contribution in [0, 0.1) is 0 Å². The highest BCUT2D eigenvalue weighted by Gasteiger charge is 2.36. The third-order valence-corrected chi connectivity index (χ3v) is 5.34. The summed E-state index contributed by atoms with van der Waals surface area (Å²) in [6, 6.07) is 2.00. The third-order valence-electron chi connectivity index (χ3n) is 3.92. The maximum absolute atomic E-state index is 4.42. The van der Waals surface area contributed by atoms with Gasteiger partial charge in [0.2, 0.25) is 0 Å². The Morgan fingerprint density at radius 3 is 2.94 bits per heavy atom. The first kappa shape index (κ1) is 11.8. The quantitative estimate of drug-likeness (QED) is 0.920. The summed E-state index contributed by atoms with van der Waals surface area (Å²) < 4.78 is 2.44. The summed E-state index contributed by atoms with van der Waals surface area (Å²) in [5.74, 6) is 0.911. The van der Waals surface area contributed by atoms with Gasteiger partial charge in [-0.15, -0.1) is 0 Å². The van der Waals surface area contributed by atoms with Gasteiger partial charge in [-0.2, -0.15) is 11.8 Å². The molecule has 0 amide bonds. The molecule has 96 valence electrons. The smallest absolute Gasteiger partial charge is 0.154 e. The molecular formula is C13H18N4S. The minimum atomic E-state index is 0.415. The second-order valence-electron chi connectivity index (χ2n) is 4.98. The van der Waals surface area contributed by atoms with E-state index in [0.29, 0.717) is 4.75 Å². The van der Waals surface area contributed by atoms with Gasteiger partial charge >= 0.3 is 0 Å². The molecule has 18 heavy (non-hydrogen) atoms. The van der Waals surface area contributed by atoms with Crippen LogP contribution in [0.5, 0.6) is 0 Å². The van der Waals surface area contributed by atoms with Crippen LogP contribution in [-0.2, 0) is 7.05 Å². The molecule has 1 N–H and O–H groups in total. The largest absolute Gasteiger partial charge is 0.367 e. The lowest BCUT2D eigenvalue weighted by atomic mass is 9.84. The molecule has 1 aliphatic rings. The minimum Gasteiger partial charge on any atom is -0.367 e. The van der Waals surface area contributed by atoms with Gasteiger partial charge in [0.05, 0.1) is 11.8 Å². The van der Waals surface area contributed by atoms with E-state index < -0.39 is 0 Å². The topological polar surface area (TPSA) is 42.7 Å². The Bertz CT molecular complexity index is 554. The van der Waals surface area contributed by atoms with Crippen LogP contribution in [0.15, 0.2) is 18.6 Å². The molecule has 2 aromatic heterocycles. The molecule has 2 heterocycles. The van der Waals surface area contributed by atoms with E-state index in [2.05, 4.69) is 21.5 Å². The van der Waals surface area contributed by atoms with Crippen molar-refractivity contribution in [1.82, 2.24) is 14.5 Å². The average Bonchev–Trinajstić information content (AvgIpc) is 2.72. The molecule has 0 aromatic carbocycles. The lowest BCUT2D eigenvalue weighted by molar-refractivity contribution is 0.379. The number of hydrogen-bond acceptors (Lipinski definition) is 4. The van der Waals surface area contributed by atoms with E-state index in [0.717, 1.165) is 23.4 Å². The lowest BCUT2D eigenvalue weighted by Crippen LogP contribution is -2.40. The summed E-state index contributed by atoms with van der Waals surface area (Å²) >= 11 is 1.97. The third kappa shape index (κ3) is 1.86. The number of nitrogens with one attached hydrogen (secondary N) is 1. The number of hydrogen-bond donors (Lipinski definition) is 1. The zero-order valence-electron chi connectivity index (χ0n) is 10.8. The Kier molecular flexibility index (Phi) is 2.93. The number of anilines is 1. The second-order valence-corrected chi connectivity index (χ2v) is 6.25. The Balaban J connectivity index is 1.82. The summed E-state index contributed by atoms with van der Waals surface area (Å²) in [4.78, 5) is 8.84. The van der Waals surface area contributed by atoms with Crippen molar-refractivity contribution in [2.75, 3.05) is 18.1 Å². The number of fused-ring (bicyclic) bond motifs is 1. The van der Waals surface area contributed by atoms with Gasteiger partial charge in [0.25, 0.3) is 0 Å². The highest BCUT2D eigenvalue weighted by atomic mass is 32.2. The maximum atomic E-state index is 4.42. The van der Waals surface area contributed by atoms with Crippen molar-refractivity contribution in [2.45, 2.75) is 24.0 Å². The highest BCUT2D eigenvalue weighted by Crippen LogP contribution is 2.42. The summed E-state index contributed by atoms with van der Waals surface area (Å²) in [7, 11) is 2.01. The summed E-state index contributed by atoms with van der Waals surface area (Å²) in [6.07, 6.45) is 9.85. The van der Waals surface area contributed by atoms with Gasteiger partial charge in [0.15, 0.2) is 5.82 Å². The predicted molar refractivity (Wildman–Crippen MR) is 77.1 cm³/mol. The number of rotatable bonds is 4. The molecule has 0 unspecified atom stereocenters. The monoisotopic (exact) mass is 262 g/mol. The van der Waals surface area contributed by atoms with Gasteiger partial charge in [-0.3, -0.25) is 0 Å². The molecule has 0 saturated heterocycles. The van der Waals surface area contributed by atoms with Crippen molar-refractivity contribution in [3.63, 3.8) is 0 Å². The fourth-order valence-electron chi connectivity index (χ4n) is 2.46. The molecule has 0 bridgehead atoms. The van der Waals surface area contributed by atoms with Crippen LogP contribution in [-0.4, -0.2) is 32.1 Å². The summed E-state index contributed by atoms with van der Waals surface area (Å²) in [5, 5.41) is 3.49. The fraction of sp³-hybridized carbons (Fsp3) is 0.538. The Hall–Kier alpha value is -1.23. The zero-order chi connectivity index (χ0) is 12.6. The van der Waals surface area contributed by atoms with Crippen molar-refractivity contribution in [3.05, 3.63) is 18.6 Å². The number of aryl methyl sites for hydroxylation is 1. The van der Waals surface area contributed by atoms with E-state index in [1.165, 1.54) is 19.3 Å². The van der Waals surface area contributed by atoms with Crippen LogP contribution < -0.4 is 5.32 Å². The van der Waals surface area contributed by atoms with Gasteiger partial charge < -0.3 is 9.88 Å². The molecule has 0 spiro atoms. The molecule has 3 rings (SSSR count). The summed E-state index contributed by atoms with van der Waals surface area (Å²) in [6.45, 7) is 0.983. The molecule has 1 saturated carbocycles. The SMILES string of the molecule is CSC1(CNc2nccc3c2ncn3C)CCC1. The Morgan fingerprint density at radius 1 is 1.44 bits per heavy atom. The first-order chi connectivity index (χ1) is 8.74. The second kappa shape index (κ2) is 4.46. The average molecular weight is 262 g/mol. The standard InChI is InChI=1S/C13H18N4S/c1-17-9-16-11-10(17)4-7-14-12(11)15-8-13(18-2)5-3-6-13/h4,7,9H,3,5-6,8H2,1-2H3,(H,14,15). The van der Waals surface area contributed by atoms with Crippen LogP contribution in [0.25, 0.3) is 11.0 Å². The van der Waals surface area contributed by atoms with Crippen LogP contribution in [0.1, 0.15) is 19.3 Å². The van der Waals surface area contributed by atoms with Crippen molar-refractivity contribution >= 4 is 28.6 Å². The van der Waals surface area contributed by atoms with Crippen molar-refractivity contribution < 1.29 is 0 Å². The first-order valence-corrected chi connectivity index (χ1v) is 7.52. The number of aromatic nitrogens is 3. The normalized spacial score (nSPS) is 17.7. The zero-order valence-corrected chi connectivity index (χ0v) is 11.6. The molecule has 0 atom stereocenters. The number of imidazole rings is 1. The van der Waals surface area contributed by atoms with Crippen molar-refractivity contribution in [2.24, 2.45) is 7.05 Å². The van der Waals surface area contributed by atoms with Crippen LogP contribution in [0.4, 0.5) is 5.82 Å². The number of thioether (sulfide) groups is 1. The van der Waals surface area contributed by atoms with Gasteiger partial charge in [0.1, 0.15) is 5.52 Å². The van der Waals surface area contributed by atoms with E-state index in [4.69, 9.17) is 0 Å². The maximum Gasteiger partial charge on any atom is 0.154 e. The van der Waals surface area contributed by atoms with Crippen molar-refractivity contribution in [1.29, 1.82) is 0 Å². The van der Waals surface area contributed by atoms with Gasteiger partial charge in [-0.1, -0.05) is 6.42 Å². The number of pyridine rings is 1.